The topological polar surface area (TPSA) is 31.0 Å². The summed E-state index contributed by atoms with van der Waals surface area (Å²) < 4.78 is 14.8. The molecular weight excluding hydrogens is 96.0 g/mol. The molecule has 7 heavy (non-hydrogen) atoms. The lowest BCUT2D eigenvalue weighted by Gasteiger charge is -2.04. The van der Waals surface area contributed by atoms with Crippen molar-refractivity contribution in [2.45, 2.75) is 12.6 Å². The number of ether oxygens (including phenoxy) is 3. The van der Waals surface area contributed by atoms with Gasteiger partial charge in [0.1, 0.15) is 0 Å². The first kappa shape index (κ1) is 3.83. The molecule has 0 bridgehead atoms. The number of fused-ring (bicyclic) bond motifs is 1. The molecule has 2 aliphatic heterocycles. The van der Waals surface area contributed by atoms with Crippen LogP contribution in [0.2, 0.25) is 0 Å². The van der Waals surface area contributed by atoms with Crippen LogP contribution in [-0.2, 0) is 14.2 Å². The molecule has 0 aliphatic carbocycles. The molecule has 0 aromatic rings. The number of hydrogen-bond donors (Lipinski definition) is 0. The van der Waals surface area contributed by atoms with Crippen molar-refractivity contribution in [2.75, 3.05) is 13.2 Å². The van der Waals surface area contributed by atoms with Crippen molar-refractivity contribution in [3.05, 3.63) is 0 Å². The number of hydrogen-bond acceptors (Lipinski definition) is 3. The highest BCUT2D eigenvalue weighted by molar-refractivity contribution is 4.69. The van der Waals surface area contributed by atoms with E-state index in [1.807, 2.05) is 0 Å². The Hall–Kier alpha value is -0.120. The van der Waals surface area contributed by atoms with Gasteiger partial charge in [0.25, 0.3) is 0 Å². The highest BCUT2D eigenvalue weighted by Crippen LogP contribution is 2.26. The normalized spacial score (nSPS) is 48.0. The molecule has 2 unspecified atom stereocenters. The molecule has 3 nitrogen and oxygen atoms in total. The summed E-state index contributed by atoms with van der Waals surface area (Å²) in [6, 6.07) is 0. The number of epoxide rings is 1. The molecule has 0 spiro atoms. The summed E-state index contributed by atoms with van der Waals surface area (Å²) >= 11 is 0. The Morgan fingerprint density at radius 3 is 2.00 bits per heavy atom. The Morgan fingerprint density at radius 1 is 1.00 bits per heavy atom. The van der Waals surface area contributed by atoms with Crippen LogP contribution in [-0.4, -0.2) is 25.8 Å². The highest BCUT2D eigenvalue weighted by Gasteiger charge is 2.43. The fourth-order valence-electron chi connectivity index (χ4n) is 0.651. The van der Waals surface area contributed by atoms with E-state index in [9.17, 15) is 0 Å². The molecule has 3 heteroatoms. The van der Waals surface area contributed by atoms with Gasteiger partial charge in [0.05, 0.1) is 13.2 Å². The zero-order chi connectivity index (χ0) is 4.69. The van der Waals surface area contributed by atoms with Crippen LogP contribution in [0, 0.1) is 0 Å². The first-order valence-corrected chi connectivity index (χ1v) is 2.35. The van der Waals surface area contributed by atoms with Crippen molar-refractivity contribution in [1.29, 1.82) is 0 Å². The van der Waals surface area contributed by atoms with E-state index in [-0.39, 0.29) is 12.6 Å². The van der Waals surface area contributed by atoms with E-state index in [0.717, 1.165) is 0 Å². The van der Waals surface area contributed by atoms with Crippen LogP contribution in [0.5, 0.6) is 0 Å². The second-order valence-corrected chi connectivity index (χ2v) is 1.61. The van der Waals surface area contributed by atoms with Crippen LogP contribution in [0.1, 0.15) is 0 Å². The molecule has 2 aliphatic rings. The second-order valence-electron chi connectivity index (χ2n) is 1.61. The van der Waals surface area contributed by atoms with Crippen LogP contribution in [0.3, 0.4) is 0 Å². The van der Waals surface area contributed by atoms with Crippen LogP contribution in [0.4, 0.5) is 0 Å². The summed E-state index contributed by atoms with van der Waals surface area (Å²) in [5, 5.41) is 0. The Labute approximate surface area is 41.2 Å². The fraction of sp³-hybridized carbons (Fsp3) is 1.00. The van der Waals surface area contributed by atoms with Gasteiger partial charge in [0, 0.05) is 0 Å². The van der Waals surface area contributed by atoms with Gasteiger partial charge >= 0.3 is 0 Å². The Bertz CT molecular complexity index is 73.0. The lowest BCUT2D eigenvalue weighted by Crippen LogP contribution is -2.16. The summed E-state index contributed by atoms with van der Waals surface area (Å²) in [6.45, 7) is 1.36. The molecule has 0 aromatic heterocycles. The predicted molar refractivity (Wildman–Crippen MR) is 20.6 cm³/mol. The maximum Gasteiger partial charge on any atom is 0.212 e. The molecule has 2 rings (SSSR count). The largest absolute Gasteiger partial charge is 0.345 e. The average Bonchev–Trinajstić information content (AvgIpc) is 2.41. The standard InChI is InChI=1S/C4H6O3/c1-2-6-4-3(5-1)7-4/h3-4H,1-2H2. The lowest BCUT2D eigenvalue weighted by molar-refractivity contribution is -0.0376. The van der Waals surface area contributed by atoms with Gasteiger partial charge < -0.3 is 14.2 Å². The second kappa shape index (κ2) is 1.18. The average molecular weight is 102 g/mol. The van der Waals surface area contributed by atoms with E-state index in [2.05, 4.69) is 0 Å². The first-order valence-electron chi connectivity index (χ1n) is 2.35. The van der Waals surface area contributed by atoms with Gasteiger partial charge in [-0.1, -0.05) is 0 Å². The van der Waals surface area contributed by atoms with Crippen molar-refractivity contribution in [3.63, 3.8) is 0 Å². The van der Waals surface area contributed by atoms with Crippen LogP contribution >= 0.6 is 0 Å². The van der Waals surface area contributed by atoms with E-state index in [4.69, 9.17) is 14.2 Å². The van der Waals surface area contributed by atoms with Crippen LogP contribution < -0.4 is 0 Å². The monoisotopic (exact) mass is 102 g/mol. The smallest absolute Gasteiger partial charge is 0.212 e. The van der Waals surface area contributed by atoms with E-state index < -0.39 is 0 Å². The maximum absolute atomic E-state index is 5.00. The van der Waals surface area contributed by atoms with Gasteiger partial charge in [0.2, 0.25) is 12.6 Å². The van der Waals surface area contributed by atoms with Gasteiger partial charge in [-0.05, 0) is 0 Å². The zero-order valence-corrected chi connectivity index (χ0v) is 3.79. The van der Waals surface area contributed by atoms with E-state index in [0.29, 0.717) is 13.2 Å². The fourth-order valence-corrected chi connectivity index (χ4v) is 0.651. The Kier molecular flexibility index (Phi) is 0.647. The molecule has 0 N–H and O–H groups in total. The third-order valence-electron chi connectivity index (χ3n) is 1.06. The molecule has 2 heterocycles. The Balaban J connectivity index is 1.95. The van der Waals surface area contributed by atoms with Crippen molar-refractivity contribution in [3.8, 4) is 0 Å². The minimum Gasteiger partial charge on any atom is -0.345 e. The minimum atomic E-state index is -0.0197. The SMILES string of the molecule is C1COC2OC2O1. The zero-order valence-electron chi connectivity index (χ0n) is 3.79. The summed E-state index contributed by atoms with van der Waals surface area (Å²) in [4.78, 5) is 0. The van der Waals surface area contributed by atoms with Crippen molar-refractivity contribution < 1.29 is 14.2 Å². The highest BCUT2D eigenvalue weighted by atomic mass is 16.9. The van der Waals surface area contributed by atoms with Crippen molar-refractivity contribution in [2.24, 2.45) is 0 Å². The summed E-state index contributed by atoms with van der Waals surface area (Å²) in [5.41, 5.74) is 0. The molecule has 0 saturated carbocycles. The maximum atomic E-state index is 5.00. The third-order valence-corrected chi connectivity index (χ3v) is 1.06. The van der Waals surface area contributed by atoms with Gasteiger partial charge in [0.15, 0.2) is 0 Å². The summed E-state index contributed by atoms with van der Waals surface area (Å²) in [6.07, 6.45) is -0.0394. The Morgan fingerprint density at radius 2 is 1.57 bits per heavy atom. The van der Waals surface area contributed by atoms with Crippen LogP contribution in [0.25, 0.3) is 0 Å². The summed E-state index contributed by atoms with van der Waals surface area (Å²) in [5.74, 6) is 0. The summed E-state index contributed by atoms with van der Waals surface area (Å²) in [7, 11) is 0. The first-order chi connectivity index (χ1) is 3.47. The molecular formula is C4H6O3. The van der Waals surface area contributed by atoms with Crippen molar-refractivity contribution in [1.82, 2.24) is 0 Å². The van der Waals surface area contributed by atoms with Gasteiger partial charge in [-0.25, -0.2) is 0 Å². The molecule has 0 aromatic carbocycles. The van der Waals surface area contributed by atoms with Gasteiger partial charge in [-0.3, -0.25) is 0 Å². The molecule has 2 atom stereocenters. The lowest BCUT2D eigenvalue weighted by atomic mass is 10.6. The molecule has 2 saturated heterocycles. The van der Waals surface area contributed by atoms with Gasteiger partial charge in [-0.2, -0.15) is 0 Å². The van der Waals surface area contributed by atoms with E-state index in [1.165, 1.54) is 0 Å². The number of rotatable bonds is 0. The van der Waals surface area contributed by atoms with Gasteiger partial charge in [-0.15, -0.1) is 0 Å². The quantitative estimate of drug-likeness (QED) is 0.394. The molecule has 0 amide bonds. The molecule has 40 valence electrons. The molecule has 2 fully saturated rings. The predicted octanol–water partition coefficient (Wildman–Crippen LogP) is -0.284. The minimum absolute atomic E-state index is 0.0197. The van der Waals surface area contributed by atoms with Crippen LogP contribution in [0.15, 0.2) is 0 Å². The van der Waals surface area contributed by atoms with E-state index >= 15 is 0 Å². The third kappa shape index (κ3) is 0.534. The van der Waals surface area contributed by atoms with Crippen molar-refractivity contribution >= 4 is 0 Å². The molecule has 0 radical (unpaired) electrons. The van der Waals surface area contributed by atoms with E-state index in [1.54, 1.807) is 0 Å².